The molecule has 2 aliphatic heterocycles. The van der Waals surface area contributed by atoms with Gasteiger partial charge in [-0.05, 0) is 62.8 Å². The molecule has 1 amide bonds. The highest BCUT2D eigenvalue weighted by Gasteiger charge is 2.44. The molecule has 2 aromatic carbocycles. The molecule has 2 unspecified atom stereocenters. The Morgan fingerprint density at radius 1 is 1.12 bits per heavy atom. The Morgan fingerprint density at radius 2 is 1.79 bits per heavy atom. The van der Waals surface area contributed by atoms with Crippen LogP contribution >= 0.6 is 11.8 Å². The molecular formula is C31H31F5N4O2S. The molecule has 6 rings (SSSR count). The summed E-state index contributed by atoms with van der Waals surface area (Å²) in [6.07, 6.45) is -1.12. The number of carbonyl (C=O) groups excluding carboxylic acids is 1. The molecule has 0 N–H and O–H groups in total. The fraction of sp³-hybridized carbons (Fsp3) is 0.452. The van der Waals surface area contributed by atoms with E-state index in [4.69, 9.17) is 0 Å². The summed E-state index contributed by atoms with van der Waals surface area (Å²) < 4.78 is 75.9. The largest absolute Gasteiger partial charge is 0.417 e. The lowest BCUT2D eigenvalue weighted by Crippen LogP contribution is -2.58. The van der Waals surface area contributed by atoms with Gasteiger partial charge in [-0.25, -0.2) is 13.6 Å². The molecule has 3 aliphatic rings. The maximum absolute atomic E-state index is 15.4. The number of amides is 1. The van der Waals surface area contributed by atoms with E-state index in [1.807, 2.05) is 13.8 Å². The highest BCUT2D eigenvalue weighted by Crippen LogP contribution is 2.54. The highest BCUT2D eigenvalue weighted by atomic mass is 32.2. The van der Waals surface area contributed by atoms with Gasteiger partial charge in [0.2, 0.25) is 5.91 Å². The van der Waals surface area contributed by atoms with Gasteiger partial charge in [-0.15, -0.1) is 11.8 Å². The second-order valence-corrected chi connectivity index (χ2v) is 13.1. The van der Waals surface area contributed by atoms with Crippen LogP contribution in [0.2, 0.25) is 0 Å². The van der Waals surface area contributed by atoms with Crippen LogP contribution in [-0.4, -0.2) is 51.3 Å². The Labute approximate surface area is 249 Å². The molecule has 1 saturated carbocycles. The number of benzene rings is 2. The van der Waals surface area contributed by atoms with E-state index >= 15 is 4.39 Å². The van der Waals surface area contributed by atoms with Crippen molar-refractivity contribution < 1.29 is 26.7 Å². The Hall–Kier alpha value is -3.41. The van der Waals surface area contributed by atoms with Crippen molar-refractivity contribution in [2.45, 2.75) is 69.7 Å². The predicted molar refractivity (Wildman–Crippen MR) is 156 cm³/mol. The first kappa shape index (κ1) is 29.7. The molecule has 6 nitrogen and oxygen atoms in total. The Bertz CT molecular complexity index is 1720. The maximum atomic E-state index is 15.4. The summed E-state index contributed by atoms with van der Waals surface area (Å²) in [5.74, 6) is -1.68. The van der Waals surface area contributed by atoms with Crippen LogP contribution in [0.3, 0.4) is 0 Å². The summed E-state index contributed by atoms with van der Waals surface area (Å²) in [4.78, 5) is 34.2. The van der Waals surface area contributed by atoms with E-state index in [9.17, 15) is 27.2 Å². The molecule has 1 aromatic heterocycles. The van der Waals surface area contributed by atoms with E-state index in [1.165, 1.54) is 29.3 Å². The smallest absolute Gasteiger partial charge is 0.352 e. The van der Waals surface area contributed by atoms with Gasteiger partial charge in [0.05, 0.1) is 11.1 Å². The van der Waals surface area contributed by atoms with Crippen LogP contribution in [0.1, 0.15) is 44.2 Å². The summed E-state index contributed by atoms with van der Waals surface area (Å²) in [5, 5.41) is 0.136. The number of hydrogen-bond acceptors (Lipinski definition) is 5. The van der Waals surface area contributed by atoms with Crippen LogP contribution in [0.4, 0.5) is 27.8 Å². The Kier molecular flexibility index (Phi) is 7.14. The molecule has 1 saturated heterocycles. The van der Waals surface area contributed by atoms with Gasteiger partial charge >= 0.3 is 11.9 Å². The standard InChI is InChI=1S/C31H31F5N4O2S/c1-5-24(41)40-17(3)12-38(13-18(40)4)28-20-10-21(31(34,35)36)25(19-9-16(2)22(32)11-23(19)33)27-26(20)39(29(42)37-28)14-30(15-43-27)7-6-8-30/h5,9-11,17-18H,1,6-8,12-15H2,2-4H3. The van der Waals surface area contributed by atoms with Crippen molar-refractivity contribution in [1.82, 2.24) is 14.5 Å². The normalized spacial score (nSPS) is 21.6. The third-order valence-corrected chi connectivity index (χ3v) is 10.5. The predicted octanol–water partition coefficient (Wildman–Crippen LogP) is 6.56. The SMILES string of the molecule is C=CC(=O)N1C(C)CN(c2nc(=O)n3c4c(c(-c5cc(C)c(F)cc5F)c(C(F)(F)F)cc24)SCC2(CCC2)C3)CC1C. The number of alkyl halides is 3. The Balaban J connectivity index is 1.66. The fourth-order valence-corrected chi connectivity index (χ4v) is 8.43. The molecular weight excluding hydrogens is 587 g/mol. The van der Waals surface area contributed by atoms with E-state index in [-0.39, 0.29) is 69.2 Å². The topological polar surface area (TPSA) is 58.4 Å². The van der Waals surface area contributed by atoms with Crippen molar-refractivity contribution in [3.63, 3.8) is 0 Å². The van der Waals surface area contributed by atoms with E-state index in [2.05, 4.69) is 11.6 Å². The number of nitrogens with zero attached hydrogens (tertiary/aromatic N) is 4. The van der Waals surface area contributed by atoms with Gasteiger partial charge in [0.15, 0.2) is 0 Å². The van der Waals surface area contributed by atoms with Gasteiger partial charge in [-0.2, -0.15) is 18.2 Å². The number of rotatable bonds is 3. The zero-order chi connectivity index (χ0) is 31.0. The monoisotopic (exact) mass is 618 g/mol. The van der Waals surface area contributed by atoms with E-state index in [1.54, 1.807) is 9.80 Å². The van der Waals surface area contributed by atoms with Gasteiger partial charge < -0.3 is 9.80 Å². The lowest BCUT2D eigenvalue weighted by atomic mass is 9.70. The number of anilines is 1. The molecule has 3 aromatic rings. The third-order valence-electron chi connectivity index (χ3n) is 9.10. The number of halogens is 5. The second kappa shape index (κ2) is 10.3. The van der Waals surface area contributed by atoms with Crippen LogP contribution < -0.4 is 10.6 Å². The fourth-order valence-electron chi connectivity index (χ4n) is 6.88. The first-order valence-electron chi connectivity index (χ1n) is 14.2. The summed E-state index contributed by atoms with van der Waals surface area (Å²) >= 11 is 1.20. The molecule has 0 bridgehead atoms. The number of aromatic nitrogens is 2. The summed E-state index contributed by atoms with van der Waals surface area (Å²) in [5.41, 5.74) is -2.44. The number of piperazine rings is 1. The van der Waals surface area contributed by atoms with Crippen LogP contribution in [0, 0.1) is 24.0 Å². The van der Waals surface area contributed by atoms with Crippen molar-refractivity contribution in [2.75, 3.05) is 23.7 Å². The summed E-state index contributed by atoms with van der Waals surface area (Å²) in [7, 11) is 0. The van der Waals surface area contributed by atoms with Crippen molar-refractivity contribution in [1.29, 1.82) is 0 Å². The molecule has 2 atom stereocenters. The lowest BCUT2D eigenvalue weighted by Gasteiger charge is -2.45. The van der Waals surface area contributed by atoms with Crippen LogP contribution in [0.15, 0.2) is 40.5 Å². The van der Waals surface area contributed by atoms with Crippen molar-refractivity contribution in [3.8, 4) is 11.1 Å². The van der Waals surface area contributed by atoms with Gasteiger partial charge in [-0.1, -0.05) is 13.0 Å². The molecule has 43 heavy (non-hydrogen) atoms. The number of aryl methyl sites for hydroxylation is 1. The van der Waals surface area contributed by atoms with Crippen molar-refractivity contribution in [2.24, 2.45) is 5.41 Å². The summed E-state index contributed by atoms with van der Waals surface area (Å²) in [6.45, 7) is 9.34. The molecule has 1 spiro atoms. The first-order chi connectivity index (χ1) is 20.2. The van der Waals surface area contributed by atoms with E-state index in [0.29, 0.717) is 18.4 Å². The number of thioether (sulfide) groups is 1. The molecule has 2 fully saturated rings. The molecule has 1 aliphatic carbocycles. The quantitative estimate of drug-likeness (QED) is 0.246. The van der Waals surface area contributed by atoms with Crippen molar-refractivity contribution >= 4 is 34.4 Å². The average molecular weight is 619 g/mol. The van der Waals surface area contributed by atoms with Gasteiger partial charge in [0.1, 0.15) is 17.5 Å². The van der Waals surface area contributed by atoms with E-state index in [0.717, 1.165) is 31.4 Å². The van der Waals surface area contributed by atoms with E-state index < -0.39 is 34.6 Å². The summed E-state index contributed by atoms with van der Waals surface area (Å²) in [6, 6.07) is 1.99. The highest BCUT2D eigenvalue weighted by molar-refractivity contribution is 7.99. The zero-order valence-electron chi connectivity index (χ0n) is 24.0. The van der Waals surface area contributed by atoms with Crippen molar-refractivity contribution in [3.05, 3.63) is 64.1 Å². The molecule has 228 valence electrons. The zero-order valence-corrected chi connectivity index (χ0v) is 24.8. The minimum Gasteiger partial charge on any atom is -0.352 e. The van der Waals surface area contributed by atoms with Gasteiger partial charge in [-0.3, -0.25) is 9.36 Å². The van der Waals surface area contributed by atoms with Crippen LogP contribution in [0.25, 0.3) is 22.0 Å². The minimum atomic E-state index is -4.90. The number of carbonyl (C=O) groups is 1. The average Bonchev–Trinajstić information content (AvgIpc) is 3.10. The molecule has 12 heteroatoms. The van der Waals surface area contributed by atoms with Crippen LogP contribution in [0.5, 0.6) is 0 Å². The Morgan fingerprint density at radius 3 is 2.37 bits per heavy atom. The second-order valence-electron chi connectivity index (χ2n) is 12.1. The van der Waals surface area contributed by atoms with Gasteiger partial charge in [0, 0.05) is 64.9 Å². The minimum absolute atomic E-state index is 0.00799. The third kappa shape index (κ3) is 4.81. The molecule has 0 radical (unpaired) electrons. The number of hydrogen-bond donors (Lipinski definition) is 0. The molecule has 3 heterocycles. The first-order valence-corrected chi connectivity index (χ1v) is 15.2. The lowest BCUT2D eigenvalue weighted by molar-refractivity contribution is -0.137. The van der Waals surface area contributed by atoms with Crippen LogP contribution in [-0.2, 0) is 17.5 Å². The van der Waals surface area contributed by atoms with Gasteiger partial charge in [0.25, 0.3) is 0 Å². The maximum Gasteiger partial charge on any atom is 0.417 e.